The van der Waals surface area contributed by atoms with E-state index in [0.717, 1.165) is 6.92 Å². The van der Waals surface area contributed by atoms with Crippen LogP contribution in [0.3, 0.4) is 0 Å². The Hall–Kier alpha value is -1.70. The van der Waals surface area contributed by atoms with Gasteiger partial charge >= 0.3 is 11.9 Å². The van der Waals surface area contributed by atoms with Crippen molar-refractivity contribution in [2.24, 2.45) is 17.3 Å². The van der Waals surface area contributed by atoms with E-state index in [2.05, 4.69) is 13.2 Å². The maximum Gasteiger partial charge on any atom is 0.335 e. The van der Waals surface area contributed by atoms with Crippen LogP contribution in [0.5, 0.6) is 0 Å². The van der Waals surface area contributed by atoms with Gasteiger partial charge < -0.3 is 25.5 Å². The number of aliphatic carboxylic acids is 2. The quantitative estimate of drug-likeness (QED) is 0.356. The van der Waals surface area contributed by atoms with Crippen LogP contribution >= 0.6 is 0 Å². The second-order valence-electron chi connectivity index (χ2n) is 6.26. The van der Waals surface area contributed by atoms with Gasteiger partial charge in [0.05, 0.1) is 18.1 Å². The first-order valence-corrected chi connectivity index (χ1v) is 6.77. The first kappa shape index (κ1) is 18.3. The second kappa shape index (κ2) is 5.83. The number of aliphatic hydroxyl groups excluding tert-OH is 2. The van der Waals surface area contributed by atoms with Crippen LogP contribution in [0.25, 0.3) is 0 Å². The van der Waals surface area contributed by atoms with E-state index in [1.54, 1.807) is 6.92 Å². The summed E-state index contributed by atoms with van der Waals surface area (Å²) in [6.07, 6.45) is -1.61. The zero-order valence-electron chi connectivity index (χ0n) is 12.6. The Bertz CT molecular complexity index is 510. The molecule has 0 aliphatic heterocycles. The van der Waals surface area contributed by atoms with E-state index in [1.807, 2.05) is 0 Å². The van der Waals surface area contributed by atoms with Crippen LogP contribution in [0.4, 0.5) is 0 Å². The van der Waals surface area contributed by atoms with Gasteiger partial charge in [0.15, 0.2) is 5.60 Å². The Labute approximate surface area is 128 Å². The summed E-state index contributed by atoms with van der Waals surface area (Å²) in [4.78, 5) is 22.5. The van der Waals surface area contributed by atoms with Gasteiger partial charge in [0.2, 0.25) is 0 Å². The normalized spacial score (nSPS) is 37.9. The van der Waals surface area contributed by atoms with E-state index >= 15 is 0 Å². The third kappa shape index (κ3) is 2.79. The lowest BCUT2D eigenvalue weighted by Crippen LogP contribution is -2.61. The summed E-state index contributed by atoms with van der Waals surface area (Å²) in [5.41, 5.74) is -3.74. The highest BCUT2D eigenvalue weighted by molar-refractivity contribution is 5.87. The number of hydrogen-bond acceptors (Lipinski definition) is 5. The SMILES string of the molecule is C=C[C@]1(C)C[C@H](O)[C@@H]([C@](C)(O)C(=O)O)[C@H](O)[C@H]1C(=C)C(=O)O. The van der Waals surface area contributed by atoms with Gasteiger partial charge in [0.1, 0.15) is 0 Å². The van der Waals surface area contributed by atoms with Gasteiger partial charge in [-0.2, -0.15) is 0 Å². The van der Waals surface area contributed by atoms with Gasteiger partial charge in [-0.05, 0) is 18.8 Å². The van der Waals surface area contributed by atoms with Crippen molar-refractivity contribution in [3.05, 3.63) is 24.8 Å². The topological polar surface area (TPSA) is 135 Å². The average molecular weight is 314 g/mol. The fourth-order valence-electron chi connectivity index (χ4n) is 3.33. The van der Waals surface area contributed by atoms with E-state index in [9.17, 15) is 24.9 Å². The number of hydrogen-bond donors (Lipinski definition) is 5. The van der Waals surface area contributed by atoms with Crippen molar-refractivity contribution in [2.75, 3.05) is 0 Å². The standard InChI is InChI=1S/C15H22O7/c1-5-14(3)6-8(16)10(15(4,22)13(20)21)11(17)9(14)7(2)12(18)19/h5,8-11,16-17,22H,1-2,6H2,3-4H3,(H,18,19)(H,20,21)/t8-,9+,10+,11+,14+,15-/m0/s1. The Kier molecular flexibility index (Phi) is 4.86. The molecule has 0 aromatic heterocycles. The van der Waals surface area contributed by atoms with Gasteiger partial charge in [0.25, 0.3) is 0 Å². The number of rotatable bonds is 5. The summed E-state index contributed by atoms with van der Waals surface area (Å²) in [5, 5.41) is 49.1. The Balaban J connectivity index is 3.39. The number of aliphatic hydroxyl groups is 3. The fourth-order valence-corrected chi connectivity index (χ4v) is 3.33. The van der Waals surface area contributed by atoms with Gasteiger partial charge in [-0.25, -0.2) is 9.59 Å². The lowest BCUT2D eigenvalue weighted by molar-refractivity contribution is -0.194. The summed E-state index contributed by atoms with van der Waals surface area (Å²) in [6, 6.07) is 0. The van der Waals surface area contributed by atoms with Crippen molar-refractivity contribution in [3.63, 3.8) is 0 Å². The molecule has 0 bridgehead atoms. The molecule has 6 atom stereocenters. The lowest BCUT2D eigenvalue weighted by Gasteiger charge is -2.51. The number of carboxylic acid groups (broad SMARTS) is 2. The predicted octanol–water partition coefficient (Wildman–Crippen LogP) is 0.0130. The molecular weight excluding hydrogens is 292 g/mol. The first-order chi connectivity index (χ1) is 9.90. The molecule has 1 aliphatic carbocycles. The Morgan fingerprint density at radius 3 is 2.18 bits per heavy atom. The average Bonchev–Trinajstić information content (AvgIpc) is 2.37. The molecule has 124 valence electrons. The van der Waals surface area contributed by atoms with Crippen molar-refractivity contribution < 1.29 is 35.1 Å². The molecule has 1 aliphatic rings. The third-order valence-electron chi connectivity index (χ3n) is 4.68. The fraction of sp³-hybridized carbons (Fsp3) is 0.600. The second-order valence-corrected chi connectivity index (χ2v) is 6.26. The van der Waals surface area contributed by atoms with Crippen LogP contribution in [0.1, 0.15) is 20.3 Å². The van der Waals surface area contributed by atoms with E-state index in [4.69, 9.17) is 10.2 Å². The molecule has 0 aromatic carbocycles. The predicted molar refractivity (Wildman–Crippen MR) is 77.0 cm³/mol. The smallest absolute Gasteiger partial charge is 0.335 e. The van der Waals surface area contributed by atoms with Crippen LogP contribution in [0, 0.1) is 17.3 Å². The Morgan fingerprint density at radius 2 is 1.82 bits per heavy atom. The number of allylic oxidation sites excluding steroid dienone is 1. The van der Waals surface area contributed by atoms with E-state index in [-0.39, 0.29) is 12.0 Å². The summed E-state index contributed by atoms with van der Waals surface area (Å²) in [7, 11) is 0. The van der Waals surface area contributed by atoms with E-state index in [1.165, 1.54) is 6.08 Å². The lowest BCUT2D eigenvalue weighted by atomic mass is 9.56. The molecule has 0 saturated heterocycles. The van der Waals surface area contributed by atoms with Crippen LogP contribution < -0.4 is 0 Å². The molecule has 0 amide bonds. The molecule has 22 heavy (non-hydrogen) atoms. The van der Waals surface area contributed by atoms with Crippen LogP contribution in [-0.4, -0.2) is 55.3 Å². The first-order valence-electron chi connectivity index (χ1n) is 6.77. The zero-order valence-corrected chi connectivity index (χ0v) is 12.6. The third-order valence-corrected chi connectivity index (χ3v) is 4.68. The maximum absolute atomic E-state index is 11.2. The van der Waals surface area contributed by atoms with E-state index in [0.29, 0.717) is 0 Å². The van der Waals surface area contributed by atoms with Crippen LogP contribution in [0.15, 0.2) is 24.8 Å². The molecule has 7 nitrogen and oxygen atoms in total. The minimum atomic E-state index is -2.42. The number of carbonyl (C=O) groups is 2. The van der Waals surface area contributed by atoms with Gasteiger partial charge in [-0.15, -0.1) is 6.58 Å². The molecule has 0 spiro atoms. The summed E-state index contributed by atoms with van der Waals surface area (Å²) in [5.74, 6) is -5.50. The minimum absolute atomic E-state index is 0.0569. The monoisotopic (exact) mass is 314 g/mol. The van der Waals surface area contributed by atoms with E-state index < -0.39 is 47.0 Å². The zero-order chi connectivity index (χ0) is 17.5. The highest BCUT2D eigenvalue weighted by Crippen LogP contribution is 2.50. The molecule has 0 radical (unpaired) electrons. The molecule has 0 aromatic rings. The summed E-state index contributed by atoms with van der Waals surface area (Å²) in [6.45, 7) is 9.60. The van der Waals surface area contributed by atoms with Crippen molar-refractivity contribution in [3.8, 4) is 0 Å². The molecule has 0 unspecified atom stereocenters. The molecule has 1 rings (SSSR count). The van der Waals surface area contributed by atoms with Crippen LogP contribution in [-0.2, 0) is 9.59 Å². The molecular formula is C15H22O7. The van der Waals surface area contributed by atoms with Gasteiger partial charge in [0, 0.05) is 11.5 Å². The molecule has 0 heterocycles. The van der Waals surface area contributed by atoms with Crippen molar-refractivity contribution >= 4 is 11.9 Å². The van der Waals surface area contributed by atoms with Crippen molar-refractivity contribution in [1.29, 1.82) is 0 Å². The molecule has 1 saturated carbocycles. The largest absolute Gasteiger partial charge is 0.479 e. The van der Waals surface area contributed by atoms with Crippen molar-refractivity contribution in [1.82, 2.24) is 0 Å². The minimum Gasteiger partial charge on any atom is -0.479 e. The molecule has 1 fully saturated rings. The molecule has 5 N–H and O–H groups in total. The molecule has 7 heteroatoms. The van der Waals surface area contributed by atoms with Gasteiger partial charge in [-0.3, -0.25) is 0 Å². The Morgan fingerprint density at radius 1 is 1.32 bits per heavy atom. The summed E-state index contributed by atoms with van der Waals surface area (Å²) < 4.78 is 0. The van der Waals surface area contributed by atoms with Crippen molar-refractivity contribution in [2.45, 2.75) is 38.1 Å². The maximum atomic E-state index is 11.2. The summed E-state index contributed by atoms with van der Waals surface area (Å²) >= 11 is 0. The highest BCUT2D eigenvalue weighted by atomic mass is 16.4. The highest BCUT2D eigenvalue weighted by Gasteiger charge is 2.58. The number of carboxylic acids is 2. The van der Waals surface area contributed by atoms with Crippen LogP contribution in [0.2, 0.25) is 0 Å². The van der Waals surface area contributed by atoms with Gasteiger partial charge in [-0.1, -0.05) is 19.6 Å².